The van der Waals surface area contributed by atoms with Crippen LogP contribution in [0.25, 0.3) is 0 Å². The lowest BCUT2D eigenvalue weighted by Crippen LogP contribution is -2.40. The maximum Gasteiger partial charge on any atom is 0.263 e. The van der Waals surface area contributed by atoms with Gasteiger partial charge in [0.25, 0.3) is 5.91 Å². The summed E-state index contributed by atoms with van der Waals surface area (Å²) in [6.45, 7) is 8.84. The number of hydrogen-bond acceptors (Lipinski definition) is 3. The SMILES string of the molecule is CCN(CC)C(=O)C(C)Oc1ccc([C@@H](C)N)cc1Cl. The molecule has 5 heteroatoms. The summed E-state index contributed by atoms with van der Waals surface area (Å²) in [7, 11) is 0. The molecule has 0 heterocycles. The van der Waals surface area contributed by atoms with E-state index in [9.17, 15) is 4.79 Å². The molecule has 0 radical (unpaired) electrons. The second-order valence-corrected chi connectivity index (χ2v) is 5.16. The number of nitrogens with two attached hydrogens (primary N) is 1. The van der Waals surface area contributed by atoms with Crippen molar-refractivity contribution in [2.24, 2.45) is 5.73 Å². The van der Waals surface area contributed by atoms with E-state index in [2.05, 4.69) is 0 Å². The highest BCUT2D eigenvalue weighted by molar-refractivity contribution is 6.32. The van der Waals surface area contributed by atoms with Gasteiger partial charge >= 0.3 is 0 Å². The first-order valence-corrected chi connectivity index (χ1v) is 7.28. The predicted molar refractivity (Wildman–Crippen MR) is 82.1 cm³/mol. The summed E-state index contributed by atoms with van der Waals surface area (Å²) in [6, 6.07) is 5.31. The zero-order chi connectivity index (χ0) is 15.3. The molecular weight excluding hydrogens is 276 g/mol. The van der Waals surface area contributed by atoms with Crippen LogP contribution >= 0.6 is 11.6 Å². The summed E-state index contributed by atoms with van der Waals surface area (Å²) >= 11 is 6.16. The molecule has 4 nitrogen and oxygen atoms in total. The molecule has 0 bridgehead atoms. The molecule has 2 N–H and O–H groups in total. The fourth-order valence-corrected chi connectivity index (χ4v) is 2.16. The smallest absolute Gasteiger partial charge is 0.263 e. The molecule has 0 aliphatic heterocycles. The van der Waals surface area contributed by atoms with Crippen LogP contribution in [0.5, 0.6) is 5.75 Å². The molecule has 0 fully saturated rings. The molecule has 1 unspecified atom stereocenters. The maximum absolute atomic E-state index is 12.1. The molecule has 1 amide bonds. The Labute approximate surface area is 125 Å². The number of halogens is 1. The standard InChI is InChI=1S/C15H23ClN2O2/c1-5-18(6-2)15(19)11(4)20-14-8-7-12(10(3)17)9-13(14)16/h7-11H,5-6,17H2,1-4H3/t10-,11?/m1/s1. The molecular formula is C15H23ClN2O2. The van der Waals surface area contributed by atoms with Crippen molar-refractivity contribution in [3.05, 3.63) is 28.8 Å². The van der Waals surface area contributed by atoms with Crippen LogP contribution in [0.1, 0.15) is 39.3 Å². The molecule has 0 aliphatic carbocycles. The van der Waals surface area contributed by atoms with Gasteiger partial charge in [-0.05, 0) is 45.4 Å². The second kappa shape index (κ2) is 7.50. The molecule has 112 valence electrons. The van der Waals surface area contributed by atoms with Crippen molar-refractivity contribution in [2.75, 3.05) is 13.1 Å². The fraction of sp³-hybridized carbons (Fsp3) is 0.533. The van der Waals surface area contributed by atoms with Crippen LogP contribution < -0.4 is 10.5 Å². The zero-order valence-electron chi connectivity index (χ0n) is 12.5. The van der Waals surface area contributed by atoms with Crippen LogP contribution in [-0.4, -0.2) is 30.0 Å². The minimum atomic E-state index is -0.562. The number of nitrogens with zero attached hydrogens (tertiary/aromatic N) is 1. The minimum absolute atomic E-state index is 0.0395. The Morgan fingerprint density at radius 1 is 1.35 bits per heavy atom. The molecule has 0 saturated carbocycles. The Bertz CT molecular complexity index is 459. The first-order chi connectivity index (χ1) is 9.40. The summed E-state index contributed by atoms with van der Waals surface area (Å²) in [4.78, 5) is 13.9. The van der Waals surface area contributed by atoms with Gasteiger partial charge in [-0.15, -0.1) is 0 Å². The summed E-state index contributed by atoms with van der Waals surface area (Å²) in [5.41, 5.74) is 6.73. The molecule has 1 rings (SSSR count). The van der Waals surface area contributed by atoms with E-state index < -0.39 is 6.10 Å². The first kappa shape index (κ1) is 16.8. The predicted octanol–water partition coefficient (Wildman–Crippen LogP) is 3.00. The number of carbonyl (C=O) groups is 1. The molecule has 20 heavy (non-hydrogen) atoms. The highest BCUT2D eigenvalue weighted by Gasteiger charge is 2.20. The van der Waals surface area contributed by atoms with Gasteiger partial charge < -0.3 is 15.4 Å². The second-order valence-electron chi connectivity index (χ2n) is 4.75. The number of amides is 1. The highest BCUT2D eigenvalue weighted by Crippen LogP contribution is 2.28. The summed E-state index contributed by atoms with van der Waals surface area (Å²) in [6.07, 6.45) is -0.562. The van der Waals surface area contributed by atoms with Gasteiger partial charge in [-0.25, -0.2) is 0 Å². The number of benzene rings is 1. The van der Waals surface area contributed by atoms with Gasteiger partial charge in [0.05, 0.1) is 5.02 Å². The van der Waals surface area contributed by atoms with Crippen LogP contribution in [-0.2, 0) is 4.79 Å². The van der Waals surface area contributed by atoms with E-state index in [4.69, 9.17) is 22.1 Å². The van der Waals surface area contributed by atoms with Gasteiger partial charge in [-0.3, -0.25) is 4.79 Å². The van der Waals surface area contributed by atoms with Crippen molar-refractivity contribution in [3.8, 4) is 5.75 Å². The zero-order valence-corrected chi connectivity index (χ0v) is 13.3. The van der Waals surface area contributed by atoms with E-state index in [-0.39, 0.29) is 11.9 Å². The van der Waals surface area contributed by atoms with E-state index in [1.165, 1.54) is 0 Å². The minimum Gasteiger partial charge on any atom is -0.479 e. The molecule has 1 aromatic rings. The summed E-state index contributed by atoms with van der Waals surface area (Å²) in [5, 5.41) is 0.471. The fourth-order valence-electron chi connectivity index (χ4n) is 1.93. The van der Waals surface area contributed by atoms with Crippen molar-refractivity contribution in [2.45, 2.75) is 39.8 Å². The van der Waals surface area contributed by atoms with E-state index in [1.807, 2.05) is 26.8 Å². The van der Waals surface area contributed by atoms with Gasteiger partial charge in [0, 0.05) is 19.1 Å². The van der Waals surface area contributed by atoms with Crippen molar-refractivity contribution < 1.29 is 9.53 Å². The molecule has 0 aliphatic rings. The van der Waals surface area contributed by atoms with Crippen molar-refractivity contribution in [1.29, 1.82) is 0 Å². The lowest BCUT2D eigenvalue weighted by molar-refractivity contribution is -0.137. The van der Waals surface area contributed by atoms with Crippen LogP contribution in [0.3, 0.4) is 0 Å². The number of likely N-dealkylation sites (N-methyl/N-ethyl adjacent to an activating group) is 1. The monoisotopic (exact) mass is 298 g/mol. The van der Waals surface area contributed by atoms with Crippen molar-refractivity contribution in [3.63, 3.8) is 0 Å². The van der Waals surface area contributed by atoms with Gasteiger partial charge in [-0.2, -0.15) is 0 Å². The maximum atomic E-state index is 12.1. The van der Waals surface area contributed by atoms with E-state index >= 15 is 0 Å². The number of hydrogen-bond donors (Lipinski definition) is 1. The average molecular weight is 299 g/mol. The van der Waals surface area contributed by atoms with Crippen LogP contribution in [0, 0.1) is 0 Å². The lowest BCUT2D eigenvalue weighted by Gasteiger charge is -2.23. The van der Waals surface area contributed by atoms with E-state index in [0.717, 1.165) is 5.56 Å². The van der Waals surface area contributed by atoms with E-state index in [1.54, 1.807) is 24.0 Å². The third kappa shape index (κ3) is 4.12. The van der Waals surface area contributed by atoms with Crippen LogP contribution in [0.15, 0.2) is 18.2 Å². The molecule has 0 aromatic heterocycles. The lowest BCUT2D eigenvalue weighted by atomic mass is 10.1. The van der Waals surface area contributed by atoms with Crippen molar-refractivity contribution in [1.82, 2.24) is 4.90 Å². The summed E-state index contributed by atoms with van der Waals surface area (Å²) < 4.78 is 5.66. The topological polar surface area (TPSA) is 55.6 Å². The Hall–Kier alpha value is -1.26. The number of rotatable bonds is 6. The first-order valence-electron chi connectivity index (χ1n) is 6.91. The third-order valence-corrected chi connectivity index (χ3v) is 3.50. The average Bonchev–Trinajstić information content (AvgIpc) is 2.41. The van der Waals surface area contributed by atoms with E-state index in [0.29, 0.717) is 23.9 Å². The molecule has 1 aromatic carbocycles. The molecule has 2 atom stereocenters. The Kier molecular flexibility index (Phi) is 6.30. The number of carbonyl (C=O) groups excluding carboxylic acids is 1. The Morgan fingerprint density at radius 3 is 2.40 bits per heavy atom. The highest BCUT2D eigenvalue weighted by atomic mass is 35.5. The third-order valence-electron chi connectivity index (χ3n) is 3.21. The van der Waals surface area contributed by atoms with Gasteiger partial charge in [0.15, 0.2) is 6.10 Å². The van der Waals surface area contributed by atoms with Crippen LogP contribution in [0.4, 0.5) is 0 Å². The van der Waals surface area contributed by atoms with Crippen LogP contribution in [0.2, 0.25) is 5.02 Å². The molecule has 0 saturated heterocycles. The quantitative estimate of drug-likeness (QED) is 0.878. The molecule has 0 spiro atoms. The van der Waals surface area contributed by atoms with Gasteiger partial charge in [0.1, 0.15) is 5.75 Å². The normalized spacial score (nSPS) is 13.7. The Balaban J connectivity index is 2.80. The summed E-state index contributed by atoms with van der Waals surface area (Å²) in [5.74, 6) is 0.464. The van der Waals surface area contributed by atoms with Gasteiger partial charge in [-0.1, -0.05) is 17.7 Å². The largest absolute Gasteiger partial charge is 0.479 e. The number of ether oxygens (including phenoxy) is 1. The Morgan fingerprint density at radius 2 is 1.95 bits per heavy atom. The van der Waals surface area contributed by atoms with Gasteiger partial charge in [0.2, 0.25) is 0 Å². The van der Waals surface area contributed by atoms with Crippen molar-refractivity contribution >= 4 is 17.5 Å².